The summed E-state index contributed by atoms with van der Waals surface area (Å²) in [5.74, 6) is 0.294. The number of fused-ring (bicyclic) bond motifs is 1. The summed E-state index contributed by atoms with van der Waals surface area (Å²) in [6, 6.07) is 2.18. The Hall–Kier alpha value is -0.730. The monoisotopic (exact) mass is 265 g/mol. The molecule has 1 saturated carbocycles. The van der Waals surface area contributed by atoms with Gasteiger partial charge in [0.05, 0.1) is 5.02 Å². The first kappa shape index (κ1) is 12.3. The Bertz CT molecular complexity index is 474. The Kier molecular flexibility index (Phi) is 3.03. The number of hydrogen-bond donors (Lipinski definition) is 2. The van der Waals surface area contributed by atoms with E-state index in [9.17, 15) is 5.11 Å². The van der Waals surface area contributed by atoms with Crippen LogP contribution in [0.25, 0.3) is 0 Å². The minimum Gasteiger partial charge on any atom is -0.506 e. The van der Waals surface area contributed by atoms with Crippen LogP contribution in [0, 0.1) is 0 Å². The van der Waals surface area contributed by atoms with E-state index < -0.39 is 0 Å². The van der Waals surface area contributed by atoms with Crippen molar-refractivity contribution in [2.24, 2.45) is 5.73 Å². The third-order valence-electron chi connectivity index (χ3n) is 4.83. The average Bonchev–Trinajstić information content (AvgIpc) is 2.35. The number of nitrogens with two attached hydrogens (primary N) is 1. The van der Waals surface area contributed by atoms with E-state index >= 15 is 0 Å². The van der Waals surface area contributed by atoms with Crippen molar-refractivity contribution in [3.05, 3.63) is 27.8 Å². The second-order valence-electron chi connectivity index (χ2n) is 5.77. The Morgan fingerprint density at radius 2 is 1.94 bits per heavy atom. The molecule has 0 amide bonds. The summed E-state index contributed by atoms with van der Waals surface area (Å²) in [5, 5.41) is 11.0. The highest BCUT2D eigenvalue weighted by molar-refractivity contribution is 6.33. The van der Waals surface area contributed by atoms with Crippen molar-refractivity contribution >= 4 is 11.6 Å². The summed E-state index contributed by atoms with van der Waals surface area (Å²) in [6.07, 6.45) is 7.83. The predicted octanol–water partition coefficient (Wildman–Crippen LogP) is 3.30. The number of halogens is 1. The molecule has 2 aliphatic rings. The third-order valence-corrected chi connectivity index (χ3v) is 5.24. The maximum absolute atomic E-state index is 10.4. The van der Waals surface area contributed by atoms with Crippen LogP contribution >= 0.6 is 11.6 Å². The molecule has 3 rings (SSSR count). The van der Waals surface area contributed by atoms with Gasteiger partial charge in [-0.25, -0.2) is 0 Å². The lowest BCUT2D eigenvalue weighted by atomic mass is 9.63. The van der Waals surface area contributed by atoms with Gasteiger partial charge in [0.25, 0.3) is 0 Å². The average molecular weight is 266 g/mol. The van der Waals surface area contributed by atoms with Gasteiger partial charge in [-0.3, -0.25) is 0 Å². The van der Waals surface area contributed by atoms with Crippen LogP contribution in [0.4, 0.5) is 0 Å². The van der Waals surface area contributed by atoms with Gasteiger partial charge < -0.3 is 10.8 Å². The molecule has 0 radical (unpaired) electrons. The van der Waals surface area contributed by atoms with E-state index in [-0.39, 0.29) is 5.41 Å². The van der Waals surface area contributed by atoms with Crippen LogP contribution in [-0.2, 0) is 18.3 Å². The highest BCUT2D eigenvalue weighted by Gasteiger charge is 2.40. The molecule has 18 heavy (non-hydrogen) atoms. The van der Waals surface area contributed by atoms with Gasteiger partial charge >= 0.3 is 0 Å². The van der Waals surface area contributed by atoms with Crippen molar-refractivity contribution in [3.8, 4) is 5.75 Å². The maximum Gasteiger partial charge on any atom is 0.138 e. The molecule has 0 spiro atoms. The summed E-state index contributed by atoms with van der Waals surface area (Å²) in [4.78, 5) is 0. The molecule has 98 valence electrons. The zero-order valence-corrected chi connectivity index (χ0v) is 11.4. The van der Waals surface area contributed by atoms with Crippen LogP contribution in [0.15, 0.2) is 6.07 Å². The lowest BCUT2D eigenvalue weighted by Crippen LogP contribution is -2.41. The molecular weight excluding hydrogens is 246 g/mol. The van der Waals surface area contributed by atoms with Crippen molar-refractivity contribution in [1.82, 2.24) is 0 Å². The van der Waals surface area contributed by atoms with Gasteiger partial charge in [-0.1, -0.05) is 24.1 Å². The number of hydrogen-bond acceptors (Lipinski definition) is 2. The highest BCUT2D eigenvalue weighted by Crippen LogP contribution is 2.50. The van der Waals surface area contributed by atoms with Gasteiger partial charge in [0.15, 0.2) is 0 Å². The first-order valence-corrected chi connectivity index (χ1v) is 7.29. The molecule has 0 bridgehead atoms. The normalized spacial score (nSPS) is 21.2. The Balaban J connectivity index is 2.13. The molecule has 3 heteroatoms. The van der Waals surface area contributed by atoms with E-state index in [1.807, 2.05) is 0 Å². The van der Waals surface area contributed by atoms with E-state index in [1.54, 1.807) is 0 Å². The van der Waals surface area contributed by atoms with Gasteiger partial charge in [-0.05, 0) is 49.7 Å². The minimum absolute atomic E-state index is 0.0137. The summed E-state index contributed by atoms with van der Waals surface area (Å²) < 4.78 is 0. The van der Waals surface area contributed by atoms with Crippen LogP contribution in [0.3, 0.4) is 0 Å². The predicted molar refractivity (Wildman–Crippen MR) is 74.3 cm³/mol. The van der Waals surface area contributed by atoms with E-state index in [4.69, 9.17) is 17.3 Å². The van der Waals surface area contributed by atoms with Crippen molar-refractivity contribution in [2.75, 3.05) is 6.54 Å². The molecule has 0 saturated heterocycles. The Morgan fingerprint density at radius 1 is 1.22 bits per heavy atom. The molecule has 0 unspecified atom stereocenters. The second kappa shape index (κ2) is 4.43. The maximum atomic E-state index is 10.4. The van der Waals surface area contributed by atoms with E-state index in [2.05, 4.69) is 6.07 Å². The summed E-state index contributed by atoms with van der Waals surface area (Å²) in [6.45, 7) is 0.607. The molecule has 1 aromatic carbocycles. The number of phenols is 1. The molecular formula is C15H20ClNO. The number of phenolic OH excluding ortho intramolecular Hbond substituents is 1. The molecule has 3 N–H and O–H groups in total. The lowest BCUT2D eigenvalue weighted by Gasteiger charge is -2.42. The smallest absolute Gasteiger partial charge is 0.138 e. The number of aromatic hydroxyl groups is 1. The molecule has 0 heterocycles. The Morgan fingerprint density at radius 3 is 2.56 bits per heavy atom. The molecule has 2 aliphatic carbocycles. The zero-order valence-electron chi connectivity index (χ0n) is 10.6. The topological polar surface area (TPSA) is 46.2 Å². The van der Waals surface area contributed by atoms with Gasteiger partial charge in [0.2, 0.25) is 0 Å². The van der Waals surface area contributed by atoms with Crippen molar-refractivity contribution in [1.29, 1.82) is 0 Å². The van der Waals surface area contributed by atoms with Gasteiger partial charge in [0.1, 0.15) is 5.75 Å². The molecule has 0 aliphatic heterocycles. The second-order valence-corrected chi connectivity index (χ2v) is 6.15. The summed E-state index contributed by atoms with van der Waals surface area (Å²) in [5.41, 5.74) is 9.42. The summed E-state index contributed by atoms with van der Waals surface area (Å²) in [7, 11) is 0. The van der Waals surface area contributed by atoms with Crippen LogP contribution < -0.4 is 5.73 Å². The fraction of sp³-hybridized carbons (Fsp3) is 0.600. The SMILES string of the molecule is NCC1(c2cc3c(c(Cl)c2O)CCCC3)CCC1. The first-order valence-electron chi connectivity index (χ1n) is 6.92. The lowest BCUT2D eigenvalue weighted by molar-refractivity contribution is 0.245. The van der Waals surface area contributed by atoms with Gasteiger partial charge in [0, 0.05) is 17.5 Å². The number of rotatable bonds is 2. The van der Waals surface area contributed by atoms with Crippen molar-refractivity contribution in [2.45, 2.75) is 50.4 Å². The van der Waals surface area contributed by atoms with Crippen LogP contribution in [0.2, 0.25) is 5.02 Å². The first-order chi connectivity index (χ1) is 8.68. The fourth-order valence-electron chi connectivity index (χ4n) is 3.43. The molecule has 2 nitrogen and oxygen atoms in total. The van der Waals surface area contributed by atoms with Crippen molar-refractivity contribution < 1.29 is 5.11 Å². The molecule has 1 aromatic rings. The largest absolute Gasteiger partial charge is 0.506 e. The van der Waals surface area contributed by atoms with E-state index in [0.717, 1.165) is 36.8 Å². The highest BCUT2D eigenvalue weighted by atomic mass is 35.5. The molecule has 0 aromatic heterocycles. The summed E-state index contributed by atoms with van der Waals surface area (Å²) >= 11 is 6.37. The van der Waals surface area contributed by atoms with E-state index in [1.165, 1.54) is 24.8 Å². The minimum atomic E-state index is -0.0137. The van der Waals surface area contributed by atoms with E-state index in [0.29, 0.717) is 17.3 Å². The van der Waals surface area contributed by atoms with Crippen LogP contribution in [-0.4, -0.2) is 11.7 Å². The molecule has 1 fully saturated rings. The quantitative estimate of drug-likeness (QED) is 0.862. The van der Waals surface area contributed by atoms with Gasteiger partial charge in [-0.2, -0.15) is 0 Å². The third kappa shape index (κ3) is 1.66. The van der Waals surface area contributed by atoms with Crippen LogP contribution in [0.1, 0.15) is 48.8 Å². The molecule has 0 atom stereocenters. The number of benzene rings is 1. The van der Waals surface area contributed by atoms with Crippen molar-refractivity contribution in [3.63, 3.8) is 0 Å². The van der Waals surface area contributed by atoms with Crippen LogP contribution in [0.5, 0.6) is 5.75 Å². The Labute approximate surface area is 113 Å². The fourth-order valence-corrected chi connectivity index (χ4v) is 3.75. The number of aryl methyl sites for hydroxylation is 1. The standard InChI is InChI=1S/C15H20ClNO/c16-13-11-5-2-1-4-10(11)8-12(14(13)18)15(9-17)6-3-7-15/h8,18H,1-7,9,17H2. The van der Waals surface area contributed by atoms with Gasteiger partial charge in [-0.15, -0.1) is 0 Å². The zero-order chi connectivity index (χ0) is 12.8.